The standard InChI is InChI=1S/C34H40ClFN2O4S/c1-19-21(3)43(40,41)37-33(39)22-7-11-31-30(15-22)38(16-23-6-8-26(23)20(2)25-13-24(19)14-25)17-34(18-42-31)12-4-5-27-28(34)9-10-29(35)32(27)36/h7,9-11,13,15,19-21,23-24,26H,4-6,8,12,14,16-18H2,1-3H3,(H,37,39)/t19-,20?,21-,23+,24+,26+,34+/m1/s1. The van der Waals surface area contributed by atoms with E-state index in [9.17, 15) is 13.2 Å². The van der Waals surface area contributed by atoms with Gasteiger partial charge in [0, 0.05) is 24.1 Å². The van der Waals surface area contributed by atoms with E-state index < -0.39 is 26.6 Å². The molecular formula is C34H40ClFN2O4S. The molecule has 3 aliphatic heterocycles. The van der Waals surface area contributed by atoms with Crippen LogP contribution in [0.1, 0.15) is 74.4 Å². The molecule has 4 bridgehead atoms. The van der Waals surface area contributed by atoms with Gasteiger partial charge in [0.1, 0.15) is 11.6 Å². The number of hydrogen-bond donors (Lipinski definition) is 1. The van der Waals surface area contributed by atoms with E-state index in [1.807, 2.05) is 13.0 Å². The average molecular weight is 627 g/mol. The van der Waals surface area contributed by atoms with Crippen LogP contribution in [0.25, 0.3) is 0 Å². The van der Waals surface area contributed by atoms with Gasteiger partial charge in [0.2, 0.25) is 10.0 Å². The third-order valence-electron chi connectivity index (χ3n) is 11.6. The second-order valence-electron chi connectivity index (χ2n) is 13.8. The predicted octanol–water partition coefficient (Wildman–Crippen LogP) is 6.66. The van der Waals surface area contributed by atoms with Crippen molar-refractivity contribution in [3.63, 3.8) is 0 Å². The summed E-state index contributed by atoms with van der Waals surface area (Å²) in [4.78, 5) is 15.8. The molecule has 3 heterocycles. The highest BCUT2D eigenvalue weighted by Gasteiger charge is 2.46. The largest absolute Gasteiger partial charge is 0.490 e. The van der Waals surface area contributed by atoms with Crippen LogP contribution >= 0.6 is 11.6 Å². The number of amides is 1. The third kappa shape index (κ3) is 4.78. The van der Waals surface area contributed by atoms with Crippen LogP contribution in [0.3, 0.4) is 0 Å². The quantitative estimate of drug-likeness (QED) is 0.331. The minimum absolute atomic E-state index is 0.100. The van der Waals surface area contributed by atoms with Gasteiger partial charge < -0.3 is 9.64 Å². The Kier molecular flexibility index (Phi) is 7.12. The van der Waals surface area contributed by atoms with Crippen LogP contribution in [0.2, 0.25) is 5.02 Å². The maximum absolute atomic E-state index is 15.3. The predicted molar refractivity (Wildman–Crippen MR) is 167 cm³/mol. The zero-order valence-corrected chi connectivity index (χ0v) is 26.6. The van der Waals surface area contributed by atoms with Crippen molar-refractivity contribution < 1.29 is 22.3 Å². The molecule has 230 valence electrons. The zero-order chi connectivity index (χ0) is 30.3. The lowest BCUT2D eigenvalue weighted by Gasteiger charge is -2.48. The molecule has 6 nitrogen and oxygen atoms in total. The van der Waals surface area contributed by atoms with E-state index in [1.54, 1.807) is 31.2 Å². The molecule has 1 N–H and O–H groups in total. The molecule has 8 rings (SSSR count). The van der Waals surface area contributed by atoms with Crippen molar-refractivity contribution in [1.29, 1.82) is 0 Å². The number of anilines is 1. The Balaban J connectivity index is 1.32. The topological polar surface area (TPSA) is 75.7 Å². The van der Waals surface area contributed by atoms with Gasteiger partial charge in [-0.1, -0.05) is 43.2 Å². The molecule has 2 aromatic carbocycles. The molecule has 1 fully saturated rings. The molecule has 43 heavy (non-hydrogen) atoms. The van der Waals surface area contributed by atoms with Crippen molar-refractivity contribution in [2.24, 2.45) is 29.6 Å². The molecule has 2 aromatic rings. The van der Waals surface area contributed by atoms with Gasteiger partial charge in [-0.2, -0.15) is 0 Å². The lowest BCUT2D eigenvalue weighted by Crippen LogP contribution is -2.49. The fourth-order valence-corrected chi connectivity index (χ4v) is 9.93. The number of nitrogens with zero attached hydrogens (tertiary/aromatic N) is 1. The maximum Gasteiger partial charge on any atom is 0.264 e. The van der Waals surface area contributed by atoms with E-state index >= 15 is 4.39 Å². The third-order valence-corrected chi connectivity index (χ3v) is 13.8. The number of ether oxygens (including phenoxy) is 1. The van der Waals surface area contributed by atoms with Crippen LogP contribution in [-0.4, -0.2) is 39.3 Å². The lowest BCUT2D eigenvalue weighted by molar-refractivity contribution is 0.0980. The van der Waals surface area contributed by atoms with E-state index in [2.05, 4.69) is 22.6 Å². The number of benzene rings is 2. The Labute approximate surface area is 259 Å². The van der Waals surface area contributed by atoms with Crippen LogP contribution in [-0.2, 0) is 21.9 Å². The first-order chi connectivity index (χ1) is 20.5. The van der Waals surface area contributed by atoms with Gasteiger partial charge in [-0.3, -0.25) is 4.79 Å². The molecule has 1 unspecified atom stereocenters. The van der Waals surface area contributed by atoms with Gasteiger partial charge in [0.25, 0.3) is 5.91 Å². The van der Waals surface area contributed by atoms with E-state index in [4.69, 9.17) is 16.3 Å². The van der Waals surface area contributed by atoms with Crippen LogP contribution in [0.15, 0.2) is 42.0 Å². The van der Waals surface area contributed by atoms with Crippen molar-refractivity contribution in [3.8, 4) is 5.75 Å². The number of allylic oxidation sites excluding steroid dienone is 2. The Morgan fingerprint density at radius 1 is 1.14 bits per heavy atom. The minimum Gasteiger partial charge on any atom is -0.490 e. The fraction of sp³-hybridized carbons (Fsp3) is 0.559. The van der Waals surface area contributed by atoms with Gasteiger partial charge in [-0.15, -0.1) is 0 Å². The molecule has 1 amide bonds. The Morgan fingerprint density at radius 2 is 1.93 bits per heavy atom. The van der Waals surface area contributed by atoms with Crippen molar-refractivity contribution in [2.75, 3.05) is 24.6 Å². The molecule has 7 atom stereocenters. The molecule has 0 radical (unpaired) electrons. The van der Waals surface area contributed by atoms with Crippen LogP contribution < -0.4 is 14.4 Å². The number of sulfonamides is 1. The van der Waals surface area contributed by atoms with E-state index in [-0.39, 0.29) is 28.2 Å². The summed E-state index contributed by atoms with van der Waals surface area (Å²) in [5.74, 6) is 1.25. The van der Waals surface area contributed by atoms with E-state index in [0.717, 1.165) is 43.5 Å². The number of carbonyl (C=O) groups is 1. The number of nitrogens with one attached hydrogen (secondary N) is 1. The van der Waals surface area contributed by atoms with Crippen molar-refractivity contribution in [1.82, 2.24) is 4.72 Å². The van der Waals surface area contributed by atoms with Gasteiger partial charge in [-0.25, -0.2) is 17.5 Å². The second kappa shape index (κ2) is 10.5. The second-order valence-corrected chi connectivity index (χ2v) is 16.3. The van der Waals surface area contributed by atoms with E-state index in [1.165, 1.54) is 12.0 Å². The van der Waals surface area contributed by atoms with Crippen LogP contribution in [0.5, 0.6) is 5.75 Å². The summed E-state index contributed by atoms with van der Waals surface area (Å²) in [5, 5.41) is -0.563. The minimum atomic E-state index is -3.89. The zero-order valence-electron chi connectivity index (χ0n) is 25.0. The summed E-state index contributed by atoms with van der Waals surface area (Å²) in [6.07, 6.45) is 7.84. The van der Waals surface area contributed by atoms with Gasteiger partial charge >= 0.3 is 0 Å². The molecular weight excluding hydrogens is 587 g/mol. The highest BCUT2D eigenvalue weighted by Crippen LogP contribution is 2.51. The van der Waals surface area contributed by atoms with Gasteiger partial charge in [-0.05, 0) is 110 Å². The summed E-state index contributed by atoms with van der Waals surface area (Å²) in [6, 6.07) is 8.83. The van der Waals surface area contributed by atoms with Gasteiger partial charge in [0.15, 0.2) is 0 Å². The molecule has 0 saturated heterocycles. The summed E-state index contributed by atoms with van der Waals surface area (Å²) in [5.41, 5.74) is 3.70. The average Bonchev–Trinajstić information content (AvgIpc) is 3.08. The fourth-order valence-electron chi connectivity index (χ4n) is 8.43. The summed E-state index contributed by atoms with van der Waals surface area (Å²) < 4.78 is 50.8. The lowest BCUT2D eigenvalue weighted by atomic mass is 9.61. The Morgan fingerprint density at radius 3 is 2.67 bits per heavy atom. The molecule has 6 aliphatic rings. The van der Waals surface area contributed by atoms with Crippen molar-refractivity contribution in [2.45, 2.75) is 70.0 Å². The first-order valence-corrected chi connectivity index (χ1v) is 17.7. The normalized spacial score (nSPS) is 34.8. The molecule has 1 spiro atoms. The number of halogens is 2. The SMILES string of the molecule is CC1C2=C[C@@H](C2)[C@H](C)[C@@H](C)S(=O)(=O)NC(=O)c2ccc3c(c2)N(C[C@@H]2CC[C@@H]12)C[C@@]1(CCCc2c1ccc(Cl)c2F)CO3. The van der Waals surface area contributed by atoms with Gasteiger partial charge in [0.05, 0.1) is 22.6 Å². The summed E-state index contributed by atoms with van der Waals surface area (Å²) in [7, 11) is -3.89. The molecule has 0 aromatic heterocycles. The van der Waals surface area contributed by atoms with Crippen LogP contribution in [0, 0.1) is 35.4 Å². The highest BCUT2D eigenvalue weighted by molar-refractivity contribution is 7.90. The van der Waals surface area contributed by atoms with Crippen LogP contribution in [0.4, 0.5) is 10.1 Å². The van der Waals surface area contributed by atoms with Crippen molar-refractivity contribution >= 4 is 33.2 Å². The Bertz CT molecular complexity index is 1630. The van der Waals surface area contributed by atoms with Crippen molar-refractivity contribution in [3.05, 3.63) is 69.5 Å². The summed E-state index contributed by atoms with van der Waals surface area (Å²) in [6.45, 7) is 7.81. The number of hydrogen-bond acceptors (Lipinski definition) is 5. The smallest absolute Gasteiger partial charge is 0.264 e. The monoisotopic (exact) mass is 626 g/mol. The number of rotatable bonds is 0. The summed E-state index contributed by atoms with van der Waals surface area (Å²) >= 11 is 6.21. The number of carbonyl (C=O) groups excluding carboxylic acids is 1. The first-order valence-electron chi connectivity index (χ1n) is 15.7. The molecule has 9 heteroatoms. The number of fused-ring (bicyclic) bond motifs is 6. The molecule has 3 aliphatic carbocycles. The highest BCUT2D eigenvalue weighted by atomic mass is 35.5. The Hall–Kier alpha value is -2.58. The van der Waals surface area contributed by atoms with E-state index in [0.29, 0.717) is 48.6 Å². The molecule has 1 saturated carbocycles. The maximum atomic E-state index is 15.3. The first kappa shape index (κ1) is 29.1.